The molecule has 0 aliphatic carbocycles. The van der Waals surface area contributed by atoms with E-state index in [1.165, 1.54) is 42.6 Å². The van der Waals surface area contributed by atoms with E-state index in [1.54, 1.807) is 6.07 Å². The van der Waals surface area contributed by atoms with Gasteiger partial charge in [-0.2, -0.15) is 13.4 Å². The van der Waals surface area contributed by atoms with Gasteiger partial charge in [-0.05, 0) is 31.0 Å². The quantitative estimate of drug-likeness (QED) is 0.265. The van der Waals surface area contributed by atoms with Crippen molar-refractivity contribution in [2.24, 2.45) is 11.7 Å². The second kappa shape index (κ2) is 11.9. The Morgan fingerprint density at radius 3 is 2.45 bits per heavy atom. The molecule has 5 N–H and O–H groups in total. The molecule has 2 aromatic carbocycles. The van der Waals surface area contributed by atoms with E-state index < -0.39 is 27.7 Å². The zero-order valence-corrected chi connectivity index (χ0v) is 22.1. The minimum atomic E-state index is -4.00. The molecule has 13 heteroatoms. The molecule has 38 heavy (non-hydrogen) atoms. The van der Waals surface area contributed by atoms with Gasteiger partial charge in [-0.25, -0.2) is 9.37 Å². The van der Waals surface area contributed by atoms with Crippen LogP contribution in [-0.2, 0) is 16.7 Å². The summed E-state index contributed by atoms with van der Waals surface area (Å²) in [6.45, 7) is 5.81. The number of anilines is 3. The number of halogens is 1. The van der Waals surface area contributed by atoms with Crippen LogP contribution in [0.15, 0.2) is 48.7 Å². The first-order valence-electron chi connectivity index (χ1n) is 11.6. The van der Waals surface area contributed by atoms with Crippen LogP contribution in [0.3, 0.4) is 0 Å². The van der Waals surface area contributed by atoms with Gasteiger partial charge >= 0.3 is 10.1 Å². The summed E-state index contributed by atoms with van der Waals surface area (Å²) >= 11 is 0. The van der Waals surface area contributed by atoms with Crippen molar-refractivity contribution in [1.82, 2.24) is 15.3 Å². The van der Waals surface area contributed by atoms with E-state index in [9.17, 15) is 22.4 Å². The summed E-state index contributed by atoms with van der Waals surface area (Å²) in [5, 5.41) is 8.59. The minimum absolute atomic E-state index is 0.0345. The van der Waals surface area contributed by atoms with E-state index >= 15 is 0 Å². The number of hydrogen-bond acceptors (Lipinski definition) is 9. The summed E-state index contributed by atoms with van der Waals surface area (Å²) in [7, 11) is -4.00. The van der Waals surface area contributed by atoms with Gasteiger partial charge in [-0.15, -0.1) is 0 Å². The Hall–Kier alpha value is -4.26. The van der Waals surface area contributed by atoms with Gasteiger partial charge in [0.15, 0.2) is 5.75 Å². The Bertz CT molecular complexity index is 1450. The number of carbonyl (C=O) groups is 2. The summed E-state index contributed by atoms with van der Waals surface area (Å²) in [5.41, 5.74) is 6.02. The standard InChI is InChI=1S/C25H29FN6O5S/c1-14(2)15(3)30-23-19(22(27)33)13-29-25(32-23)31-17-9-10-18(21(11-17)37-38(4,35)36)24(34)28-12-16-7-5-6-8-20(16)26/h5-11,13-15H,12H2,1-4H3,(H2,27,33)(H,28,34)(H2,29,30,31,32)/t15-/m1/s1. The van der Waals surface area contributed by atoms with E-state index in [4.69, 9.17) is 9.92 Å². The van der Waals surface area contributed by atoms with Crippen molar-refractivity contribution in [2.45, 2.75) is 33.4 Å². The van der Waals surface area contributed by atoms with E-state index in [0.29, 0.717) is 5.69 Å². The van der Waals surface area contributed by atoms with Gasteiger partial charge < -0.3 is 25.9 Å². The molecular formula is C25H29FN6O5S. The normalized spacial score (nSPS) is 12.1. The number of benzene rings is 2. The van der Waals surface area contributed by atoms with Crippen LogP contribution in [0.1, 0.15) is 47.1 Å². The van der Waals surface area contributed by atoms with Gasteiger partial charge in [0, 0.05) is 36.1 Å². The molecule has 0 aliphatic heterocycles. The van der Waals surface area contributed by atoms with Gasteiger partial charge in [0.2, 0.25) is 5.95 Å². The molecule has 11 nitrogen and oxygen atoms in total. The molecule has 0 aliphatic rings. The van der Waals surface area contributed by atoms with Crippen LogP contribution in [0.4, 0.5) is 21.8 Å². The number of carbonyl (C=O) groups excluding carboxylic acids is 2. The van der Waals surface area contributed by atoms with Crippen LogP contribution in [0, 0.1) is 11.7 Å². The minimum Gasteiger partial charge on any atom is -0.382 e. The summed E-state index contributed by atoms with van der Waals surface area (Å²) < 4.78 is 42.7. The van der Waals surface area contributed by atoms with E-state index in [0.717, 1.165) is 6.26 Å². The highest BCUT2D eigenvalue weighted by Crippen LogP contribution is 2.27. The number of primary amides is 1. The SMILES string of the molecule is CC(C)[C@@H](C)Nc1nc(Nc2ccc(C(=O)NCc3ccccc3F)c(OS(C)(=O)=O)c2)ncc1C(N)=O. The summed E-state index contributed by atoms with van der Waals surface area (Å²) in [4.78, 5) is 33.1. The number of nitrogens with two attached hydrogens (primary N) is 1. The molecule has 202 valence electrons. The van der Waals surface area contributed by atoms with Crippen LogP contribution in [-0.4, -0.2) is 42.5 Å². The van der Waals surface area contributed by atoms with Crippen molar-refractivity contribution in [3.05, 3.63) is 71.2 Å². The molecule has 2 amide bonds. The Labute approximate surface area is 220 Å². The molecule has 1 aromatic heterocycles. The van der Waals surface area contributed by atoms with Gasteiger partial charge in [0.25, 0.3) is 11.8 Å². The highest BCUT2D eigenvalue weighted by molar-refractivity contribution is 7.86. The second-order valence-corrected chi connectivity index (χ2v) is 10.5. The van der Waals surface area contributed by atoms with Crippen LogP contribution >= 0.6 is 0 Å². The first-order valence-corrected chi connectivity index (χ1v) is 13.4. The lowest BCUT2D eigenvalue weighted by Gasteiger charge is -2.20. The average molecular weight is 545 g/mol. The third-order valence-corrected chi connectivity index (χ3v) is 6.02. The van der Waals surface area contributed by atoms with Crippen LogP contribution in [0.25, 0.3) is 0 Å². The lowest BCUT2D eigenvalue weighted by molar-refractivity contribution is 0.0947. The molecule has 0 unspecified atom stereocenters. The molecule has 0 radical (unpaired) electrons. The highest BCUT2D eigenvalue weighted by Gasteiger charge is 2.19. The molecule has 0 spiro atoms. The fraction of sp³-hybridized carbons (Fsp3) is 0.280. The maximum atomic E-state index is 13.9. The Balaban J connectivity index is 1.89. The first kappa shape index (κ1) is 28.3. The van der Waals surface area contributed by atoms with Crippen LogP contribution in [0.5, 0.6) is 5.75 Å². The van der Waals surface area contributed by atoms with Crippen molar-refractivity contribution < 1.29 is 26.6 Å². The topological polar surface area (TPSA) is 165 Å². The zero-order chi connectivity index (χ0) is 28.0. The largest absolute Gasteiger partial charge is 0.382 e. The Morgan fingerprint density at radius 2 is 1.82 bits per heavy atom. The molecule has 0 saturated heterocycles. The van der Waals surface area contributed by atoms with Crippen LogP contribution < -0.4 is 25.9 Å². The number of rotatable bonds is 11. The smallest absolute Gasteiger partial charge is 0.306 e. The van der Waals surface area contributed by atoms with E-state index in [-0.39, 0.29) is 52.7 Å². The maximum Gasteiger partial charge on any atom is 0.306 e. The monoisotopic (exact) mass is 544 g/mol. The highest BCUT2D eigenvalue weighted by atomic mass is 32.2. The molecule has 0 fully saturated rings. The Morgan fingerprint density at radius 1 is 1.11 bits per heavy atom. The van der Waals surface area contributed by atoms with Crippen molar-refractivity contribution in [3.8, 4) is 5.75 Å². The molecule has 3 rings (SSSR count). The predicted molar refractivity (Wildman–Crippen MR) is 141 cm³/mol. The summed E-state index contributed by atoms with van der Waals surface area (Å²) in [5.74, 6) is -1.58. The van der Waals surface area contributed by atoms with Crippen molar-refractivity contribution >= 4 is 39.4 Å². The molecule has 1 atom stereocenters. The molecule has 1 heterocycles. The van der Waals surface area contributed by atoms with Gasteiger partial charge in [0.05, 0.1) is 17.4 Å². The summed E-state index contributed by atoms with van der Waals surface area (Å²) in [6, 6.07) is 10.0. The van der Waals surface area contributed by atoms with Crippen LogP contribution in [0.2, 0.25) is 0 Å². The second-order valence-electron chi connectivity index (χ2n) is 8.89. The average Bonchev–Trinajstić information content (AvgIpc) is 2.82. The van der Waals surface area contributed by atoms with Crippen molar-refractivity contribution in [2.75, 3.05) is 16.9 Å². The van der Waals surface area contributed by atoms with Crippen molar-refractivity contribution in [3.63, 3.8) is 0 Å². The maximum absolute atomic E-state index is 13.9. The molecule has 0 saturated carbocycles. The summed E-state index contributed by atoms with van der Waals surface area (Å²) in [6.07, 6.45) is 2.11. The number of amides is 2. The number of nitrogens with zero attached hydrogens (tertiary/aromatic N) is 2. The zero-order valence-electron chi connectivity index (χ0n) is 21.3. The fourth-order valence-electron chi connectivity index (χ4n) is 3.18. The first-order chi connectivity index (χ1) is 17.8. The van der Waals surface area contributed by atoms with Gasteiger partial charge in [-0.3, -0.25) is 9.59 Å². The lowest BCUT2D eigenvalue weighted by atomic mass is 10.1. The fourth-order valence-corrected chi connectivity index (χ4v) is 3.64. The number of hydrogen-bond donors (Lipinski definition) is 4. The lowest BCUT2D eigenvalue weighted by Crippen LogP contribution is -2.25. The third-order valence-electron chi connectivity index (χ3n) is 5.54. The number of aromatic nitrogens is 2. The van der Waals surface area contributed by atoms with E-state index in [2.05, 4.69) is 25.9 Å². The van der Waals surface area contributed by atoms with Gasteiger partial charge in [-0.1, -0.05) is 32.0 Å². The number of nitrogens with one attached hydrogen (secondary N) is 3. The van der Waals surface area contributed by atoms with Crippen molar-refractivity contribution in [1.29, 1.82) is 0 Å². The Kier molecular flexibility index (Phi) is 8.84. The third kappa shape index (κ3) is 7.62. The molecular weight excluding hydrogens is 515 g/mol. The van der Waals surface area contributed by atoms with E-state index in [1.807, 2.05) is 20.8 Å². The molecule has 0 bridgehead atoms. The van der Waals surface area contributed by atoms with Gasteiger partial charge in [0.1, 0.15) is 11.6 Å². The predicted octanol–water partition coefficient (Wildman–Crippen LogP) is 3.18. The molecule has 3 aromatic rings.